The summed E-state index contributed by atoms with van der Waals surface area (Å²) < 4.78 is 0. The molecule has 0 saturated carbocycles. The fourth-order valence-corrected chi connectivity index (χ4v) is 2.79. The lowest BCUT2D eigenvalue weighted by atomic mass is 10.1. The van der Waals surface area contributed by atoms with E-state index in [1.807, 2.05) is 18.2 Å². The Morgan fingerprint density at radius 3 is 2.56 bits per heavy atom. The molecule has 0 bridgehead atoms. The van der Waals surface area contributed by atoms with Crippen molar-refractivity contribution in [2.75, 3.05) is 6.61 Å². The average Bonchev–Trinajstić information content (AvgIpc) is 2.93. The fourth-order valence-electron chi connectivity index (χ4n) is 2.05. The van der Waals surface area contributed by atoms with Gasteiger partial charge >= 0.3 is 0 Å². The molecule has 0 aliphatic heterocycles. The quantitative estimate of drug-likeness (QED) is 0.838. The third-order valence-corrected chi connectivity index (χ3v) is 4.06. The maximum atomic E-state index is 9.47. The minimum atomic E-state index is 0.101. The number of hydrogen-bond donors (Lipinski definition) is 2. The van der Waals surface area contributed by atoms with Gasteiger partial charge in [-0.1, -0.05) is 36.4 Å². The first-order valence-electron chi connectivity index (χ1n) is 6.24. The van der Waals surface area contributed by atoms with E-state index in [0.717, 1.165) is 6.42 Å². The van der Waals surface area contributed by atoms with Crippen LogP contribution in [-0.2, 0) is 6.42 Å². The van der Waals surface area contributed by atoms with Crippen LogP contribution in [0.15, 0.2) is 47.8 Å². The molecule has 3 heteroatoms. The molecule has 0 saturated heterocycles. The van der Waals surface area contributed by atoms with E-state index in [0.29, 0.717) is 0 Å². The second kappa shape index (κ2) is 6.69. The Morgan fingerprint density at radius 1 is 1.17 bits per heavy atom. The minimum absolute atomic E-state index is 0.101. The molecule has 96 valence electrons. The van der Waals surface area contributed by atoms with Gasteiger partial charge in [-0.05, 0) is 30.4 Å². The first kappa shape index (κ1) is 13.3. The largest absolute Gasteiger partial charge is 0.395 e. The molecule has 0 amide bonds. The van der Waals surface area contributed by atoms with Crippen molar-refractivity contribution in [3.05, 3.63) is 58.3 Å². The van der Waals surface area contributed by atoms with E-state index in [4.69, 9.17) is 0 Å². The van der Waals surface area contributed by atoms with E-state index in [2.05, 4.69) is 41.9 Å². The van der Waals surface area contributed by atoms with Crippen molar-refractivity contribution < 1.29 is 5.11 Å². The van der Waals surface area contributed by atoms with Crippen molar-refractivity contribution in [3.63, 3.8) is 0 Å². The molecule has 18 heavy (non-hydrogen) atoms. The molecule has 0 spiro atoms. The molecule has 1 aromatic heterocycles. The predicted octanol–water partition coefficient (Wildman–Crippen LogP) is 3.00. The summed E-state index contributed by atoms with van der Waals surface area (Å²) in [6, 6.07) is 14.8. The third-order valence-electron chi connectivity index (χ3n) is 3.00. The Bertz CT molecular complexity index is 441. The van der Waals surface area contributed by atoms with Crippen LogP contribution in [0.25, 0.3) is 0 Å². The van der Waals surface area contributed by atoms with Crippen LogP contribution in [-0.4, -0.2) is 17.8 Å². The van der Waals surface area contributed by atoms with Gasteiger partial charge in [-0.2, -0.15) is 0 Å². The molecular weight excluding hydrogens is 242 g/mol. The second-order valence-corrected chi connectivity index (χ2v) is 5.45. The normalized spacial score (nSPS) is 14.3. The lowest BCUT2D eigenvalue weighted by Gasteiger charge is -2.21. The zero-order valence-corrected chi connectivity index (χ0v) is 11.4. The lowest BCUT2D eigenvalue weighted by Crippen LogP contribution is -2.36. The van der Waals surface area contributed by atoms with Gasteiger partial charge in [0.25, 0.3) is 0 Å². The second-order valence-electron chi connectivity index (χ2n) is 4.47. The molecule has 2 N–H and O–H groups in total. The van der Waals surface area contributed by atoms with Gasteiger partial charge in [0.15, 0.2) is 0 Å². The topological polar surface area (TPSA) is 32.3 Å². The third kappa shape index (κ3) is 3.67. The van der Waals surface area contributed by atoms with Gasteiger partial charge in [0.2, 0.25) is 0 Å². The van der Waals surface area contributed by atoms with Gasteiger partial charge in [-0.25, -0.2) is 0 Å². The monoisotopic (exact) mass is 261 g/mol. The Kier molecular flexibility index (Phi) is 4.93. The molecule has 0 radical (unpaired) electrons. The van der Waals surface area contributed by atoms with E-state index >= 15 is 0 Å². The van der Waals surface area contributed by atoms with E-state index in [-0.39, 0.29) is 18.7 Å². The van der Waals surface area contributed by atoms with E-state index in [1.165, 1.54) is 10.4 Å². The molecule has 2 nitrogen and oxygen atoms in total. The summed E-state index contributed by atoms with van der Waals surface area (Å²) in [6.07, 6.45) is 0.854. The number of aliphatic hydroxyl groups is 1. The maximum Gasteiger partial charge on any atom is 0.0588 e. The van der Waals surface area contributed by atoms with Gasteiger partial charge < -0.3 is 10.4 Å². The van der Waals surface area contributed by atoms with Gasteiger partial charge in [0, 0.05) is 17.0 Å². The van der Waals surface area contributed by atoms with Gasteiger partial charge in [-0.15, -0.1) is 11.3 Å². The highest BCUT2D eigenvalue weighted by Gasteiger charge is 2.13. The summed E-state index contributed by atoms with van der Waals surface area (Å²) in [5.41, 5.74) is 1.25. The zero-order valence-electron chi connectivity index (χ0n) is 10.5. The standard InChI is InChI=1S/C15H19NOS/c1-12(15-8-5-9-18-15)16-14(11-17)10-13-6-3-2-4-7-13/h2-9,12,14,16-17H,10-11H2,1H3/t12?,14-/m0/s1. The maximum absolute atomic E-state index is 9.47. The number of thiophene rings is 1. The van der Waals surface area contributed by atoms with Gasteiger partial charge in [0.1, 0.15) is 0 Å². The molecule has 1 heterocycles. The Balaban J connectivity index is 1.93. The Labute approximate surface area is 112 Å². The summed E-state index contributed by atoms with van der Waals surface area (Å²) in [7, 11) is 0. The van der Waals surface area contributed by atoms with Crippen LogP contribution in [0, 0.1) is 0 Å². The molecule has 0 fully saturated rings. The summed E-state index contributed by atoms with van der Waals surface area (Å²) in [5, 5.41) is 15.0. The molecular formula is C15H19NOS. The van der Waals surface area contributed by atoms with Crippen LogP contribution in [0.3, 0.4) is 0 Å². The number of nitrogens with one attached hydrogen (secondary N) is 1. The van der Waals surface area contributed by atoms with Crippen molar-refractivity contribution in [1.29, 1.82) is 0 Å². The van der Waals surface area contributed by atoms with Crippen LogP contribution in [0.2, 0.25) is 0 Å². The highest BCUT2D eigenvalue weighted by Crippen LogP contribution is 2.19. The Hall–Kier alpha value is -1.16. The molecule has 2 rings (SSSR count). The molecule has 0 aliphatic rings. The highest BCUT2D eigenvalue weighted by atomic mass is 32.1. The minimum Gasteiger partial charge on any atom is -0.395 e. The SMILES string of the molecule is CC(N[C@H](CO)Cc1ccccc1)c1cccs1. The number of aliphatic hydroxyl groups excluding tert-OH is 1. The van der Waals surface area contributed by atoms with Crippen molar-refractivity contribution >= 4 is 11.3 Å². The number of hydrogen-bond acceptors (Lipinski definition) is 3. The summed E-state index contributed by atoms with van der Waals surface area (Å²) in [6.45, 7) is 2.30. The summed E-state index contributed by atoms with van der Waals surface area (Å²) in [4.78, 5) is 1.31. The smallest absolute Gasteiger partial charge is 0.0588 e. The fraction of sp³-hybridized carbons (Fsp3) is 0.333. The number of benzene rings is 1. The van der Waals surface area contributed by atoms with Crippen molar-refractivity contribution in [1.82, 2.24) is 5.32 Å². The molecule has 1 aromatic carbocycles. The summed E-state index contributed by atoms with van der Waals surface area (Å²) in [5.74, 6) is 0. The van der Waals surface area contributed by atoms with Crippen LogP contribution in [0.1, 0.15) is 23.4 Å². The zero-order chi connectivity index (χ0) is 12.8. The van der Waals surface area contributed by atoms with Crippen molar-refractivity contribution in [3.8, 4) is 0 Å². The molecule has 1 unspecified atom stereocenters. The van der Waals surface area contributed by atoms with E-state index in [1.54, 1.807) is 11.3 Å². The van der Waals surface area contributed by atoms with Crippen LogP contribution in [0.5, 0.6) is 0 Å². The molecule has 2 aromatic rings. The molecule has 0 aliphatic carbocycles. The van der Waals surface area contributed by atoms with Gasteiger partial charge in [0.05, 0.1) is 6.61 Å². The van der Waals surface area contributed by atoms with Crippen LogP contribution in [0.4, 0.5) is 0 Å². The van der Waals surface area contributed by atoms with E-state index in [9.17, 15) is 5.11 Å². The predicted molar refractivity (Wildman–Crippen MR) is 76.9 cm³/mol. The highest BCUT2D eigenvalue weighted by molar-refractivity contribution is 7.10. The van der Waals surface area contributed by atoms with Crippen molar-refractivity contribution in [2.45, 2.75) is 25.4 Å². The average molecular weight is 261 g/mol. The van der Waals surface area contributed by atoms with Gasteiger partial charge in [-0.3, -0.25) is 0 Å². The lowest BCUT2D eigenvalue weighted by molar-refractivity contribution is 0.233. The van der Waals surface area contributed by atoms with Crippen LogP contribution < -0.4 is 5.32 Å². The van der Waals surface area contributed by atoms with Crippen LogP contribution >= 0.6 is 11.3 Å². The Morgan fingerprint density at radius 2 is 1.94 bits per heavy atom. The van der Waals surface area contributed by atoms with E-state index < -0.39 is 0 Å². The molecule has 2 atom stereocenters. The number of rotatable bonds is 6. The van der Waals surface area contributed by atoms with Crippen molar-refractivity contribution in [2.24, 2.45) is 0 Å². The summed E-state index contributed by atoms with van der Waals surface area (Å²) >= 11 is 1.75. The first-order valence-corrected chi connectivity index (χ1v) is 7.12. The first-order chi connectivity index (χ1) is 8.79.